The molecule has 0 saturated heterocycles. The Morgan fingerprint density at radius 1 is 1.08 bits per heavy atom. The Labute approximate surface area is 149 Å². The monoisotopic (exact) mass is 360 g/mol. The first-order valence-corrected chi connectivity index (χ1v) is 7.95. The van der Waals surface area contributed by atoms with Gasteiger partial charge in [0.2, 0.25) is 0 Å². The van der Waals surface area contributed by atoms with Crippen LogP contribution in [0.4, 0.5) is 5.69 Å². The van der Waals surface area contributed by atoms with Crippen LogP contribution in [0.25, 0.3) is 6.08 Å². The number of halogens is 2. The Morgan fingerprint density at radius 2 is 1.71 bits per heavy atom. The molecule has 0 aromatic heterocycles. The Kier molecular flexibility index (Phi) is 4.60. The third-order valence-corrected chi connectivity index (χ3v) is 4.02. The van der Waals surface area contributed by atoms with Gasteiger partial charge >= 0.3 is 0 Å². The van der Waals surface area contributed by atoms with Crippen LogP contribution in [0.3, 0.4) is 0 Å². The molecule has 122 valence electrons. The Balaban J connectivity index is 1.93. The van der Waals surface area contributed by atoms with Gasteiger partial charge in [0.05, 0.1) is 24.1 Å². The lowest BCUT2D eigenvalue weighted by atomic mass is 10.1. The number of carbonyl (C=O) groups excluding carboxylic acids is 1. The number of hydrogen-bond donors (Lipinski definition) is 0. The van der Waals surface area contributed by atoms with Crippen molar-refractivity contribution in [2.45, 2.75) is 6.92 Å². The van der Waals surface area contributed by atoms with Gasteiger partial charge in [-0.2, -0.15) is 10.1 Å². The van der Waals surface area contributed by atoms with Gasteiger partial charge in [-0.15, -0.1) is 0 Å². The second kappa shape index (κ2) is 6.67. The summed E-state index contributed by atoms with van der Waals surface area (Å²) in [5.74, 6) is 0.539. The van der Waals surface area contributed by atoms with Crippen LogP contribution in [0.2, 0.25) is 10.0 Å². The highest BCUT2D eigenvalue weighted by Crippen LogP contribution is 2.30. The molecule has 2 aromatic rings. The van der Waals surface area contributed by atoms with Crippen LogP contribution < -0.4 is 9.75 Å². The largest absolute Gasteiger partial charge is 0.497 e. The maximum absolute atomic E-state index is 12.7. The average molecular weight is 361 g/mol. The van der Waals surface area contributed by atoms with E-state index in [0.717, 1.165) is 11.3 Å². The minimum atomic E-state index is -0.221. The van der Waals surface area contributed by atoms with Gasteiger partial charge in [-0.3, -0.25) is 4.79 Å². The number of ether oxygens (including phenoxy) is 1. The van der Waals surface area contributed by atoms with E-state index in [0.29, 0.717) is 27.0 Å². The van der Waals surface area contributed by atoms with E-state index in [-0.39, 0.29) is 5.91 Å². The van der Waals surface area contributed by atoms with Crippen LogP contribution in [-0.4, -0.2) is 18.7 Å². The fourth-order valence-corrected chi connectivity index (χ4v) is 2.90. The topological polar surface area (TPSA) is 41.9 Å². The highest BCUT2D eigenvalue weighted by Gasteiger charge is 2.29. The zero-order chi connectivity index (χ0) is 17.3. The van der Waals surface area contributed by atoms with E-state index in [1.165, 1.54) is 5.01 Å². The van der Waals surface area contributed by atoms with Crippen molar-refractivity contribution in [3.63, 3.8) is 0 Å². The molecule has 1 amide bonds. The van der Waals surface area contributed by atoms with E-state index < -0.39 is 0 Å². The van der Waals surface area contributed by atoms with Crippen molar-refractivity contribution in [1.29, 1.82) is 0 Å². The summed E-state index contributed by atoms with van der Waals surface area (Å²) in [6.45, 7) is 1.79. The van der Waals surface area contributed by atoms with Crippen LogP contribution in [0, 0.1) is 0 Å². The van der Waals surface area contributed by atoms with Crippen molar-refractivity contribution in [3.8, 4) is 5.75 Å². The van der Waals surface area contributed by atoms with Gasteiger partial charge < -0.3 is 4.74 Å². The number of benzene rings is 2. The van der Waals surface area contributed by atoms with Gasteiger partial charge in [-0.05, 0) is 48.9 Å². The normalized spacial score (nSPS) is 15.8. The van der Waals surface area contributed by atoms with Crippen molar-refractivity contribution in [2.75, 3.05) is 12.1 Å². The molecule has 0 unspecified atom stereocenters. The van der Waals surface area contributed by atoms with Gasteiger partial charge in [-0.1, -0.05) is 35.3 Å². The number of carbonyl (C=O) groups is 1. The Morgan fingerprint density at radius 3 is 2.29 bits per heavy atom. The molecule has 0 spiro atoms. The van der Waals surface area contributed by atoms with Gasteiger partial charge in [0, 0.05) is 10.0 Å². The third kappa shape index (κ3) is 3.30. The second-order valence-corrected chi connectivity index (χ2v) is 6.13. The summed E-state index contributed by atoms with van der Waals surface area (Å²) in [7, 11) is 1.61. The molecule has 0 N–H and O–H groups in total. The maximum atomic E-state index is 12.7. The molecule has 24 heavy (non-hydrogen) atoms. The summed E-state index contributed by atoms with van der Waals surface area (Å²) in [4.78, 5) is 12.7. The molecule has 0 atom stereocenters. The summed E-state index contributed by atoms with van der Waals surface area (Å²) < 4.78 is 5.13. The molecule has 0 radical (unpaired) electrons. The predicted molar refractivity (Wildman–Crippen MR) is 98.0 cm³/mol. The molecule has 1 aliphatic heterocycles. The Hall–Kier alpha value is -2.30. The first-order chi connectivity index (χ1) is 11.5. The minimum Gasteiger partial charge on any atom is -0.497 e. The van der Waals surface area contributed by atoms with Crippen molar-refractivity contribution in [1.82, 2.24) is 0 Å². The van der Waals surface area contributed by atoms with Crippen LogP contribution in [0.1, 0.15) is 12.5 Å². The number of methoxy groups -OCH3 is 1. The van der Waals surface area contributed by atoms with Crippen molar-refractivity contribution in [2.24, 2.45) is 5.10 Å². The number of rotatable bonds is 3. The second-order valence-electron chi connectivity index (χ2n) is 5.26. The van der Waals surface area contributed by atoms with Crippen LogP contribution >= 0.6 is 23.2 Å². The van der Waals surface area contributed by atoms with Gasteiger partial charge in [-0.25, -0.2) is 0 Å². The van der Waals surface area contributed by atoms with E-state index in [1.807, 2.05) is 24.3 Å². The third-order valence-electron chi connectivity index (χ3n) is 3.58. The molecule has 0 saturated carbocycles. The van der Waals surface area contributed by atoms with E-state index >= 15 is 0 Å². The van der Waals surface area contributed by atoms with E-state index in [1.54, 1.807) is 38.3 Å². The lowest BCUT2D eigenvalue weighted by Gasteiger charge is -2.12. The minimum absolute atomic E-state index is 0.221. The summed E-state index contributed by atoms with van der Waals surface area (Å²) in [5, 5.41) is 6.53. The maximum Gasteiger partial charge on any atom is 0.280 e. The van der Waals surface area contributed by atoms with E-state index in [9.17, 15) is 4.79 Å². The smallest absolute Gasteiger partial charge is 0.280 e. The van der Waals surface area contributed by atoms with E-state index in [4.69, 9.17) is 27.9 Å². The first kappa shape index (κ1) is 16.6. The van der Waals surface area contributed by atoms with Crippen LogP contribution in [0.5, 0.6) is 5.75 Å². The van der Waals surface area contributed by atoms with Gasteiger partial charge in [0.15, 0.2) is 0 Å². The fourth-order valence-electron chi connectivity index (χ4n) is 2.39. The first-order valence-electron chi connectivity index (χ1n) is 7.20. The summed E-state index contributed by atoms with van der Waals surface area (Å²) >= 11 is 12.0. The number of nitrogens with zero attached hydrogens (tertiary/aromatic N) is 2. The van der Waals surface area contributed by atoms with Crippen molar-refractivity contribution in [3.05, 3.63) is 63.6 Å². The summed E-state index contributed by atoms with van der Waals surface area (Å²) in [5.41, 5.74) is 2.58. The lowest BCUT2D eigenvalue weighted by Crippen LogP contribution is -2.21. The zero-order valence-corrected chi connectivity index (χ0v) is 14.6. The average Bonchev–Trinajstić information content (AvgIpc) is 2.83. The SMILES string of the molecule is COc1ccc(/C=C2\C(=O)N(c3cc(Cl)cc(Cl)c3)N=C2C)cc1. The highest BCUT2D eigenvalue weighted by molar-refractivity contribution is 6.36. The van der Waals surface area contributed by atoms with E-state index in [2.05, 4.69) is 5.10 Å². The molecule has 6 heteroatoms. The quantitative estimate of drug-likeness (QED) is 0.737. The molecule has 4 nitrogen and oxygen atoms in total. The zero-order valence-electron chi connectivity index (χ0n) is 13.1. The lowest BCUT2D eigenvalue weighted by molar-refractivity contribution is -0.114. The molecule has 2 aromatic carbocycles. The number of anilines is 1. The molecular weight excluding hydrogens is 347 g/mol. The molecular formula is C18H14Cl2N2O2. The molecule has 1 heterocycles. The highest BCUT2D eigenvalue weighted by atomic mass is 35.5. The van der Waals surface area contributed by atoms with Gasteiger partial charge in [0.1, 0.15) is 5.75 Å². The predicted octanol–water partition coefficient (Wildman–Crippen LogP) is 4.81. The van der Waals surface area contributed by atoms with Crippen LogP contribution in [-0.2, 0) is 4.79 Å². The number of amides is 1. The molecule has 3 rings (SSSR count). The molecule has 1 aliphatic rings. The Bertz CT molecular complexity index is 838. The molecule has 0 fully saturated rings. The number of hydrazone groups is 1. The fraction of sp³-hybridized carbons (Fsp3) is 0.111. The van der Waals surface area contributed by atoms with Crippen LogP contribution in [0.15, 0.2) is 53.1 Å². The van der Waals surface area contributed by atoms with Crippen molar-refractivity contribution < 1.29 is 9.53 Å². The molecule has 0 aliphatic carbocycles. The van der Waals surface area contributed by atoms with Gasteiger partial charge in [0.25, 0.3) is 5.91 Å². The standard InChI is InChI=1S/C18H14Cl2N2O2/c1-11-17(7-12-3-5-16(24-2)6-4-12)18(23)22(21-11)15-9-13(19)8-14(20)10-15/h3-10H,1-2H3/b17-7-. The number of hydrogen-bond acceptors (Lipinski definition) is 3. The molecule has 0 bridgehead atoms. The summed E-state index contributed by atoms with van der Waals surface area (Å²) in [6.07, 6.45) is 1.80. The van der Waals surface area contributed by atoms with Crippen molar-refractivity contribution >= 4 is 46.6 Å². The summed E-state index contributed by atoms with van der Waals surface area (Å²) in [6, 6.07) is 12.4.